The monoisotopic (exact) mass is 281 g/mol. The average molecular weight is 282 g/mol. The van der Waals surface area contributed by atoms with E-state index in [9.17, 15) is 4.79 Å². The molecule has 0 amide bonds. The highest BCUT2D eigenvalue weighted by atomic mass is 35.5. The Balaban J connectivity index is 1.73. The second kappa shape index (κ2) is 6.92. The highest BCUT2D eigenvalue weighted by molar-refractivity contribution is 6.30. The fourth-order valence-electron chi connectivity index (χ4n) is 2.67. The Labute approximate surface area is 119 Å². The number of rotatable bonds is 5. The summed E-state index contributed by atoms with van der Waals surface area (Å²) in [5.41, 5.74) is 1.25. The Morgan fingerprint density at radius 2 is 2.05 bits per heavy atom. The number of aliphatic carboxylic acids is 1. The van der Waals surface area contributed by atoms with Gasteiger partial charge in [-0.3, -0.25) is 4.79 Å². The van der Waals surface area contributed by atoms with E-state index in [1.165, 1.54) is 5.56 Å². The lowest BCUT2D eigenvalue weighted by molar-refractivity contribution is -0.143. The number of carbonyl (C=O) groups is 1. The fraction of sp³-hybridized carbons (Fsp3) is 0.533. The van der Waals surface area contributed by atoms with Gasteiger partial charge in [-0.05, 0) is 49.9 Å². The van der Waals surface area contributed by atoms with Crippen LogP contribution in [0, 0.1) is 5.92 Å². The molecule has 1 aliphatic rings. The maximum atomic E-state index is 11.0. The summed E-state index contributed by atoms with van der Waals surface area (Å²) >= 11 is 5.84. The fourth-order valence-corrected chi connectivity index (χ4v) is 2.80. The van der Waals surface area contributed by atoms with Crippen LogP contribution < -0.4 is 5.32 Å². The van der Waals surface area contributed by atoms with Crippen molar-refractivity contribution in [2.75, 3.05) is 6.54 Å². The summed E-state index contributed by atoms with van der Waals surface area (Å²) in [5, 5.41) is 13.3. The SMILES string of the molecule is O=C(O)C1CCCC(NCCc2ccc(Cl)cc2)C1. The Morgan fingerprint density at radius 1 is 1.32 bits per heavy atom. The second-order valence-corrected chi connectivity index (χ2v) is 5.67. The molecule has 2 unspecified atom stereocenters. The lowest BCUT2D eigenvalue weighted by Crippen LogP contribution is -2.37. The molecule has 0 heterocycles. The molecular weight excluding hydrogens is 262 g/mol. The molecule has 0 radical (unpaired) electrons. The van der Waals surface area contributed by atoms with Gasteiger partial charge in [-0.1, -0.05) is 30.2 Å². The Hall–Kier alpha value is -1.06. The van der Waals surface area contributed by atoms with Gasteiger partial charge in [0.25, 0.3) is 0 Å². The molecule has 1 fully saturated rings. The highest BCUT2D eigenvalue weighted by Gasteiger charge is 2.26. The minimum atomic E-state index is -0.649. The average Bonchev–Trinajstić information content (AvgIpc) is 2.41. The summed E-state index contributed by atoms with van der Waals surface area (Å²) in [5.74, 6) is -0.814. The van der Waals surface area contributed by atoms with Crippen molar-refractivity contribution in [1.82, 2.24) is 5.32 Å². The molecule has 3 nitrogen and oxygen atoms in total. The van der Waals surface area contributed by atoms with Crippen molar-refractivity contribution >= 4 is 17.6 Å². The van der Waals surface area contributed by atoms with Crippen LogP contribution in [0.3, 0.4) is 0 Å². The zero-order valence-electron chi connectivity index (χ0n) is 10.9. The first-order valence-electron chi connectivity index (χ1n) is 6.86. The van der Waals surface area contributed by atoms with Gasteiger partial charge < -0.3 is 10.4 Å². The molecule has 0 aliphatic heterocycles. The van der Waals surface area contributed by atoms with Crippen LogP contribution in [0.5, 0.6) is 0 Å². The maximum Gasteiger partial charge on any atom is 0.306 e. The van der Waals surface area contributed by atoms with E-state index >= 15 is 0 Å². The molecule has 1 aromatic carbocycles. The molecule has 1 aliphatic carbocycles. The quantitative estimate of drug-likeness (QED) is 0.872. The number of carboxylic acid groups (broad SMARTS) is 1. The molecule has 0 spiro atoms. The predicted octanol–water partition coefficient (Wildman–Crippen LogP) is 3.12. The number of benzene rings is 1. The van der Waals surface area contributed by atoms with Gasteiger partial charge in [-0.15, -0.1) is 0 Å². The lowest BCUT2D eigenvalue weighted by Gasteiger charge is -2.27. The van der Waals surface area contributed by atoms with Crippen molar-refractivity contribution in [3.8, 4) is 0 Å². The van der Waals surface area contributed by atoms with Crippen LogP contribution in [0.4, 0.5) is 0 Å². The van der Waals surface area contributed by atoms with Crippen LogP contribution in [0.25, 0.3) is 0 Å². The summed E-state index contributed by atoms with van der Waals surface area (Å²) < 4.78 is 0. The van der Waals surface area contributed by atoms with Crippen LogP contribution in [0.1, 0.15) is 31.2 Å². The van der Waals surface area contributed by atoms with E-state index in [0.29, 0.717) is 6.04 Å². The topological polar surface area (TPSA) is 49.3 Å². The van der Waals surface area contributed by atoms with Crippen LogP contribution >= 0.6 is 11.6 Å². The number of nitrogens with one attached hydrogen (secondary N) is 1. The van der Waals surface area contributed by atoms with Crippen LogP contribution in [-0.2, 0) is 11.2 Å². The molecule has 0 aromatic heterocycles. The van der Waals surface area contributed by atoms with E-state index in [1.807, 2.05) is 24.3 Å². The van der Waals surface area contributed by atoms with E-state index < -0.39 is 5.97 Å². The van der Waals surface area contributed by atoms with Crippen molar-refractivity contribution in [1.29, 1.82) is 0 Å². The molecule has 2 rings (SSSR count). The molecule has 4 heteroatoms. The summed E-state index contributed by atoms with van der Waals surface area (Å²) in [6, 6.07) is 8.22. The first-order chi connectivity index (χ1) is 9.15. The lowest BCUT2D eigenvalue weighted by atomic mass is 9.86. The number of hydrogen-bond acceptors (Lipinski definition) is 2. The largest absolute Gasteiger partial charge is 0.481 e. The van der Waals surface area contributed by atoms with Gasteiger partial charge in [-0.25, -0.2) is 0 Å². The molecule has 1 aromatic rings. The third-order valence-corrected chi connectivity index (χ3v) is 4.04. The second-order valence-electron chi connectivity index (χ2n) is 5.23. The van der Waals surface area contributed by atoms with E-state index in [0.717, 1.165) is 43.7 Å². The number of halogens is 1. The minimum absolute atomic E-state index is 0.165. The smallest absolute Gasteiger partial charge is 0.306 e. The van der Waals surface area contributed by atoms with Gasteiger partial charge in [0, 0.05) is 11.1 Å². The standard InChI is InChI=1S/C15H20ClNO2/c16-13-6-4-11(5-7-13)8-9-17-14-3-1-2-12(10-14)15(18)19/h4-7,12,14,17H,1-3,8-10H2,(H,18,19). The van der Waals surface area contributed by atoms with Crippen LogP contribution in [-0.4, -0.2) is 23.7 Å². The summed E-state index contributed by atoms with van der Waals surface area (Å²) in [6.07, 6.45) is 4.63. The molecular formula is C15H20ClNO2. The molecule has 0 bridgehead atoms. The normalized spacial score (nSPS) is 23.2. The minimum Gasteiger partial charge on any atom is -0.481 e. The Morgan fingerprint density at radius 3 is 2.74 bits per heavy atom. The van der Waals surface area contributed by atoms with Gasteiger partial charge in [0.1, 0.15) is 0 Å². The van der Waals surface area contributed by atoms with Crippen molar-refractivity contribution in [3.05, 3.63) is 34.9 Å². The molecule has 19 heavy (non-hydrogen) atoms. The molecule has 1 saturated carbocycles. The van der Waals surface area contributed by atoms with E-state index in [-0.39, 0.29) is 5.92 Å². The third kappa shape index (κ3) is 4.51. The first kappa shape index (κ1) is 14.4. The van der Waals surface area contributed by atoms with Crippen molar-refractivity contribution in [2.45, 2.75) is 38.1 Å². The van der Waals surface area contributed by atoms with E-state index in [4.69, 9.17) is 16.7 Å². The van der Waals surface area contributed by atoms with Gasteiger partial charge in [0.2, 0.25) is 0 Å². The molecule has 0 saturated heterocycles. The highest BCUT2D eigenvalue weighted by Crippen LogP contribution is 2.24. The van der Waals surface area contributed by atoms with Gasteiger partial charge >= 0.3 is 5.97 Å². The van der Waals surface area contributed by atoms with Gasteiger partial charge in [-0.2, -0.15) is 0 Å². The first-order valence-corrected chi connectivity index (χ1v) is 7.23. The van der Waals surface area contributed by atoms with Crippen LogP contribution in [0.15, 0.2) is 24.3 Å². The Kier molecular flexibility index (Phi) is 5.23. The summed E-state index contributed by atoms with van der Waals surface area (Å²) in [6.45, 7) is 0.888. The maximum absolute atomic E-state index is 11.0. The number of hydrogen-bond donors (Lipinski definition) is 2. The molecule has 104 valence electrons. The molecule has 2 N–H and O–H groups in total. The van der Waals surface area contributed by atoms with E-state index in [2.05, 4.69) is 5.32 Å². The number of carboxylic acids is 1. The third-order valence-electron chi connectivity index (χ3n) is 3.78. The predicted molar refractivity (Wildman–Crippen MR) is 76.5 cm³/mol. The summed E-state index contributed by atoms with van der Waals surface area (Å²) in [4.78, 5) is 11.0. The van der Waals surface area contributed by atoms with Crippen molar-refractivity contribution < 1.29 is 9.90 Å². The Bertz CT molecular complexity index is 419. The van der Waals surface area contributed by atoms with Crippen molar-refractivity contribution in [2.24, 2.45) is 5.92 Å². The van der Waals surface area contributed by atoms with Gasteiger partial charge in [0.15, 0.2) is 0 Å². The summed E-state index contributed by atoms with van der Waals surface area (Å²) in [7, 11) is 0. The molecule has 2 atom stereocenters. The van der Waals surface area contributed by atoms with Crippen molar-refractivity contribution in [3.63, 3.8) is 0 Å². The van der Waals surface area contributed by atoms with E-state index in [1.54, 1.807) is 0 Å². The zero-order chi connectivity index (χ0) is 13.7. The zero-order valence-corrected chi connectivity index (χ0v) is 11.7. The van der Waals surface area contributed by atoms with Gasteiger partial charge in [0.05, 0.1) is 5.92 Å². The van der Waals surface area contributed by atoms with Crippen LogP contribution in [0.2, 0.25) is 5.02 Å².